The van der Waals surface area contributed by atoms with Gasteiger partial charge in [0, 0.05) is 6.04 Å². The van der Waals surface area contributed by atoms with Crippen molar-refractivity contribution in [2.24, 2.45) is 11.8 Å². The zero-order valence-electron chi connectivity index (χ0n) is 9.99. The molecule has 0 saturated heterocycles. The lowest BCUT2D eigenvalue weighted by atomic mass is 10.1. The topological polar surface area (TPSA) is 58.4 Å². The smallest absolute Gasteiger partial charge is 0.251 e. The van der Waals surface area contributed by atoms with E-state index in [1.54, 1.807) is 0 Å². The van der Waals surface area contributed by atoms with E-state index in [2.05, 4.69) is 24.2 Å². The average molecular weight is 213 g/mol. The number of hydrogen-bond acceptors (Lipinski definition) is 3. The third-order valence-electron chi connectivity index (χ3n) is 3.45. The second-order valence-electron chi connectivity index (χ2n) is 4.56. The molecular formula is C11H23N3O. The fourth-order valence-electron chi connectivity index (χ4n) is 2.08. The number of amides is 1. The van der Waals surface area contributed by atoms with Gasteiger partial charge in [0.05, 0.1) is 6.04 Å². The highest BCUT2D eigenvalue weighted by molar-refractivity contribution is 5.81. The van der Waals surface area contributed by atoms with Crippen LogP contribution < -0.4 is 11.3 Å². The van der Waals surface area contributed by atoms with Gasteiger partial charge in [0.2, 0.25) is 0 Å². The van der Waals surface area contributed by atoms with Crippen LogP contribution in [0.2, 0.25) is 0 Å². The zero-order valence-corrected chi connectivity index (χ0v) is 9.99. The number of likely N-dealkylation sites (N-methyl/N-ethyl adjacent to an activating group) is 1. The van der Waals surface area contributed by atoms with Crippen LogP contribution >= 0.6 is 0 Å². The van der Waals surface area contributed by atoms with Gasteiger partial charge in [-0.3, -0.25) is 15.1 Å². The SMILES string of the molecule is CCCC(C(=O)NN)N(C)C(C)C1CC1. The molecule has 4 heteroatoms. The lowest BCUT2D eigenvalue weighted by Gasteiger charge is -2.31. The molecule has 0 radical (unpaired) electrons. The molecule has 0 aromatic carbocycles. The highest BCUT2D eigenvalue weighted by Gasteiger charge is 2.34. The number of carbonyl (C=O) groups is 1. The molecule has 1 saturated carbocycles. The van der Waals surface area contributed by atoms with Gasteiger partial charge in [-0.1, -0.05) is 13.3 Å². The van der Waals surface area contributed by atoms with Crippen LogP contribution in [0.5, 0.6) is 0 Å². The molecule has 2 atom stereocenters. The predicted molar refractivity (Wildman–Crippen MR) is 61.0 cm³/mol. The molecule has 1 amide bonds. The average Bonchev–Trinajstić information content (AvgIpc) is 3.06. The Hall–Kier alpha value is -0.610. The number of hydrazine groups is 1. The van der Waals surface area contributed by atoms with Crippen LogP contribution in [0.25, 0.3) is 0 Å². The third-order valence-corrected chi connectivity index (χ3v) is 3.45. The van der Waals surface area contributed by atoms with Gasteiger partial charge in [-0.25, -0.2) is 5.84 Å². The highest BCUT2D eigenvalue weighted by Crippen LogP contribution is 2.35. The summed E-state index contributed by atoms with van der Waals surface area (Å²) in [6.45, 7) is 4.29. The van der Waals surface area contributed by atoms with Gasteiger partial charge in [-0.05, 0) is 39.2 Å². The first-order valence-electron chi connectivity index (χ1n) is 5.84. The van der Waals surface area contributed by atoms with Crippen molar-refractivity contribution in [3.63, 3.8) is 0 Å². The molecular weight excluding hydrogens is 190 g/mol. The van der Waals surface area contributed by atoms with Crippen molar-refractivity contribution in [1.29, 1.82) is 0 Å². The van der Waals surface area contributed by atoms with Crippen LogP contribution in [0.1, 0.15) is 39.5 Å². The largest absolute Gasteiger partial charge is 0.293 e. The molecule has 0 aliphatic heterocycles. The highest BCUT2D eigenvalue weighted by atomic mass is 16.2. The van der Waals surface area contributed by atoms with Crippen LogP contribution in [0, 0.1) is 5.92 Å². The number of nitrogens with two attached hydrogens (primary N) is 1. The molecule has 0 heterocycles. The Balaban J connectivity index is 2.56. The zero-order chi connectivity index (χ0) is 11.4. The third kappa shape index (κ3) is 3.18. The summed E-state index contributed by atoms with van der Waals surface area (Å²) >= 11 is 0. The molecule has 1 rings (SSSR count). The number of carbonyl (C=O) groups excluding carboxylic acids is 1. The summed E-state index contributed by atoms with van der Waals surface area (Å²) in [4.78, 5) is 13.8. The molecule has 0 spiro atoms. The van der Waals surface area contributed by atoms with E-state index in [9.17, 15) is 4.79 Å². The Morgan fingerprint density at radius 1 is 1.60 bits per heavy atom. The molecule has 0 bridgehead atoms. The summed E-state index contributed by atoms with van der Waals surface area (Å²) in [6.07, 6.45) is 4.47. The Kier molecular flexibility index (Phi) is 4.54. The minimum Gasteiger partial charge on any atom is -0.293 e. The van der Waals surface area contributed by atoms with Crippen LogP contribution in [0.4, 0.5) is 0 Å². The maximum absolute atomic E-state index is 11.6. The maximum Gasteiger partial charge on any atom is 0.251 e. The summed E-state index contributed by atoms with van der Waals surface area (Å²) in [5.74, 6) is 5.92. The molecule has 4 nitrogen and oxygen atoms in total. The predicted octanol–water partition coefficient (Wildman–Crippen LogP) is 0.875. The van der Waals surface area contributed by atoms with Crippen LogP contribution in [0.3, 0.4) is 0 Å². The van der Waals surface area contributed by atoms with Gasteiger partial charge in [-0.15, -0.1) is 0 Å². The lowest BCUT2D eigenvalue weighted by molar-refractivity contribution is -0.127. The van der Waals surface area contributed by atoms with Gasteiger partial charge in [-0.2, -0.15) is 0 Å². The molecule has 3 N–H and O–H groups in total. The summed E-state index contributed by atoms with van der Waals surface area (Å²) in [7, 11) is 2.03. The fraction of sp³-hybridized carbons (Fsp3) is 0.909. The Morgan fingerprint density at radius 2 is 2.20 bits per heavy atom. The Bertz CT molecular complexity index is 216. The number of nitrogens with zero attached hydrogens (tertiary/aromatic N) is 1. The Labute approximate surface area is 92.2 Å². The van der Waals surface area contributed by atoms with Crippen molar-refractivity contribution in [2.45, 2.75) is 51.6 Å². The minimum atomic E-state index is -0.0735. The quantitative estimate of drug-likeness (QED) is 0.391. The van der Waals surface area contributed by atoms with Crippen molar-refractivity contribution in [1.82, 2.24) is 10.3 Å². The van der Waals surface area contributed by atoms with Gasteiger partial charge in [0.25, 0.3) is 5.91 Å². The number of nitrogens with one attached hydrogen (secondary N) is 1. The molecule has 0 aromatic rings. The van der Waals surface area contributed by atoms with Crippen molar-refractivity contribution in [2.75, 3.05) is 7.05 Å². The maximum atomic E-state index is 11.6. The van der Waals surface area contributed by atoms with E-state index in [0.717, 1.165) is 18.8 Å². The van der Waals surface area contributed by atoms with Gasteiger partial charge in [0.1, 0.15) is 0 Å². The van der Waals surface area contributed by atoms with E-state index in [1.807, 2.05) is 7.05 Å². The first-order chi connectivity index (χ1) is 7.11. The number of rotatable bonds is 6. The monoisotopic (exact) mass is 213 g/mol. The molecule has 1 fully saturated rings. The molecule has 2 unspecified atom stereocenters. The van der Waals surface area contributed by atoms with Crippen molar-refractivity contribution < 1.29 is 4.79 Å². The molecule has 1 aliphatic carbocycles. The van der Waals surface area contributed by atoms with E-state index < -0.39 is 0 Å². The van der Waals surface area contributed by atoms with Crippen LogP contribution in [0.15, 0.2) is 0 Å². The van der Waals surface area contributed by atoms with E-state index in [-0.39, 0.29) is 11.9 Å². The fourth-order valence-corrected chi connectivity index (χ4v) is 2.08. The molecule has 0 aromatic heterocycles. The van der Waals surface area contributed by atoms with Gasteiger partial charge < -0.3 is 0 Å². The van der Waals surface area contributed by atoms with E-state index in [0.29, 0.717) is 6.04 Å². The minimum absolute atomic E-state index is 0.0631. The molecule has 88 valence electrons. The number of hydrogen-bond donors (Lipinski definition) is 2. The summed E-state index contributed by atoms with van der Waals surface area (Å²) < 4.78 is 0. The van der Waals surface area contributed by atoms with Crippen molar-refractivity contribution >= 4 is 5.91 Å². The standard InChI is InChI=1S/C11H23N3O/c1-4-5-10(11(15)13-12)14(3)8(2)9-6-7-9/h8-10H,4-7,12H2,1-3H3,(H,13,15). The van der Waals surface area contributed by atoms with Crippen molar-refractivity contribution in [3.05, 3.63) is 0 Å². The van der Waals surface area contributed by atoms with Gasteiger partial charge >= 0.3 is 0 Å². The first kappa shape index (κ1) is 12.5. The van der Waals surface area contributed by atoms with E-state index in [1.165, 1.54) is 12.8 Å². The summed E-state index contributed by atoms with van der Waals surface area (Å²) in [5.41, 5.74) is 2.26. The lowest BCUT2D eigenvalue weighted by Crippen LogP contribution is -2.50. The normalized spacial score (nSPS) is 20.1. The molecule has 1 aliphatic rings. The first-order valence-corrected chi connectivity index (χ1v) is 5.84. The van der Waals surface area contributed by atoms with Crippen molar-refractivity contribution in [3.8, 4) is 0 Å². The summed E-state index contributed by atoms with van der Waals surface area (Å²) in [6, 6.07) is 0.412. The van der Waals surface area contributed by atoms with Gasteiger partial charge in [0.15, 0.2) is 0 Å². The van der Waals surface area contributed by atoms with Crippen LogP contribution in [-0.2, 0) is 4.79 Å². The Morgan fingerprint density at radius 3 is 2.60 bits per heavy atom. The molecule has 15 heavy (non-hydrogen) atoms. The second kappa shape index (κ2) is 5.47. The van der Waals surface area contributed by atoms with E-state index >= 15 is 0 Å². The summed E-state index contributed by atoms with van der Waals surface area (Å²) in [5, 5.41) is 0. The van der Waals surface area contributed by atoms with Crippen LogP contribution in [-0.4, -0.2) is 29.9 Å². The van der Waals surface area contributed by atoms with E-state index in [4.69, 9.17) is 5.84 Å². The second-order valence-corrected chi connectivity index (χ2v) is 4.56.